The van der Waals surface area contributed by atoms with Crippen LogP contribution in [0.1, 0.15) is 45.2 Å². The smallest absolute Gasteiger partial charge is 0.239 e. The molecule has 0 spiro atoms. The molecule has 0 aliphatic rings. The molecular formula is C16H24ClNO2. The van der Waals surface area contributed by atoms with Crippen LogP contribution >= 0.6 is 11.6 Å². The van der Waals surface area contributed by atoms with Gasteiger partial charge in [-0.3, -0.25) is 4.79 Å². The van der Waals surface area contributed by atoms with E-state index in [1.54, 1.807) is 0 Å². The third-order valence-electron chi connectivity index (χ3n) is 2.95. The Bertz CT molecular complexity index is 452. The largest absolute Gasteiger partial charge is 0.377 e. The minimum absolute atomic E-state index is 0.0479. The van der Waals surface area contributed by atoms with Crippen LogP contribution in [0, 0.1) is 0 Å². The molecule has 1 aromatic carbocycles. The van der Waals surface area contributed by atoms with Crippen LogP contribution in [0.25, 0.3) is 0 Å². The molecule has 0 fully saturated rings. The molecule has 0 heterocycles. The molecule has 3 nitrogen and oxygen atoms in total. The molecule has 1 N–H and O–H groups in total. The Morgan fingerprint density at radius 2 is 2.05 bits per heavy atom. The number of ether oxygens (including phenoxy) is 1. The molecule has 1 aromatic rings. The molecule has 0 radical (unpaired) electrons. The fourth-order valence-electron chi connectivity index (χ4n) is 1.99. The molecule has 0 unspecified atom stereocenters. The summed E-state index contributed by atoms with van der Waals surface area (Å²) in [6.45, 7) is 9.64. The minimum Gasteiger partial charge on any atom is -0.377 e. The highest BCUT2D eigenvalue weighted by Crippen LogP contribution is 2.32. The zero-order valence-electron chi connectivity index (χ0n) is 12.8. The number of hydrogen-bond donors (Lipinski definition) is 1. The van der Waals surface area contributed by atoms with E-state index >= 15 is 0 Å². The van der Waals surface area contributed by atoms with E-state index in [1.807, 2.05) is 18.2 Å². The zero-order valence-corrected chi connectivity index (χ0v) is 13.5. The van der Waals surface area contributed by atoms with Gasteiger partial charge in [-0.25, -0.2) is 0 Å². The average molecular weight is 298 g/mol. The molecule has 0 atom stereocenters. The fraction of sp³-hybridized carbons (Fsp3) is 0.562. The van der Waals surface area contributed by atoms with Crippen molar-refractivity contribution in [3.8, 4) is 0 Å². The summed E-state index contributed by atoms with van der Waals surface area (Å²) >= 11 is 5.60. The van der Waals surface area contributed by atoms with Gasteiger partial charge in [0.1, 0.15) is 5.88 Å². The number of nitrogens with one attached hydrogen (secondary N) is 1. The molecule has 0 saturated heterocycles. The lowest BCUT2D eigenvalue weighted by Crippen LogP contribution is -2.21. The third-order valence-corrected chi connectivity index (χ3v) is 3.19. The first kappa shape index (κ1) is 17.0. The van der Waals surface area contributed by atoms with E-state index in [0.717, 1.165) is 23.2 Å². The summed E-state index contributed by atoms with van der Waals surface area (Å²) in [5.74, 6) is -0.242. The predicted molar refractivity (Wildman–Crippen MR) is 84.4 cm³/mol. The van der Waals surface area contributed by atoms with E-state index in [-0.39, 0.29) is 17.2 Å². The number of carbonyl (C=O) groups is 1. The van der Waals surface area contributed by atoms with Gasteiger partial charge in [-0.15, -0.1) is 11.6 Å². The lowest BCUT2D eigenvalue weighted by Gasteiger charge is -2.25. The quantitative estimate of drug-likeness (QED) is 0.634. The van der Waals surface area contributed by atoms with Crippen LogP contribution < -0.4 is 5.32 Å². The highest BCUT2D eigenvalue weighted by Gasteiger charge is 2.21. The van der Waals surface area contributed by atoms with Crippen LogP contribution in [0.2, 0.25) is 0 Å². The summed E-state index contributed by atoms with van der Waals surface area (Å²) in [6, 6.07) is 6.02. The van der Waals surface area contributed by atoms with Gasteiger partial charge in [0.05, 0.1) is 12.3 Å². The van der Waals surface area contributed by atoms with Crippen molar-refractivity contribution in [3.05, 3.63) is 29.3 Å². The van der Waals surface area contributed by atoms with E-state index in [0.29, 0.717) is 13.2 Å². The van der Waals surface area contributed by atoms with E-state index in [4.69, 9.17) is 16.3 Å². The Kier molecular flexibility index (Phi) is 6.50. The predicted octanol–water partition coefficient (Wildman–Crippen LogP) is 4.09. The van der Waals surface area contributed by atoms with E-state index in [2.05, 4.69) is 33.0 Å². The second-order valence-electron chi connectivity index (χ2n) is 5.82. The van der Waals surface area contributed by atoms with E-state index in [9.17, 15) is 4.79 Å². The van der Waals surface area contributed by atoms with Crippen LogP contribution in [0.4, 0.5) is 5.69 Å². The number of benzene rings is 1. The van der Waals surface area contributed by atoms with Crippen LogP contribution in [-0.4, -0.2) is 18.4 Å². The van der Waals surface area contributed by atoms with Gasteiger partial charge in [-0.1, -0.05) is 45.9 Å². The Balaban J connectivity index is 3.11. The molecule has 0 aliphatic carbocycles. The number of para-hydroxylation sites is 1. The molecule has 0 aromatic heterocycles. The Hall–Kier alpha value is -1.06. The van der Waals surface area contributed by atoms with Gasteiger partial charge in [-0.05, 0) is 17.4 Å². The molecule has 0 saturated carbocycles. The topological polar surface area (TPSA) is 38.3 Å². The van der Waals surface area contributed by atoms with E-state index in [1.165, 1.54) is 0 Å². The Labute approximate surface area is 126 Å². The summed E-state index contributed by atoms with van der Waals surface area (Å²) in [7, 11) is 0. The summed E-state index contributed by atoms with van der Waals surface area (Å²) in [5, 5.41) is 2.91. The van der Waals surface area contributed by atoms with Crippen molar-refractivity contribution < 1.29 is 9.53 Å². The summed E-state index contributed by atoms with van der Waals surface area (Å²) < 4.78 is 5.61. The van der Waals surface area contributed by atoms with Gasteiger partial charge < -0.3 is 10.1 Å². The van der Waals surface area contributed by atoms with Crippen LogP contribution in [0.3, 0.4) is 0 Å². The minimum atomic E-state index is -0.194. The maximum Gasteiger partial charge on any atom is 0.239 e. The molecule has 0 bridgehead atoms. The van der Waals surface area contributed by atoms with Gasteiger partial charge in [0.15, 0.2) is 0 Å². The van der Waals surface area contributed by atoms with Gasteiger partial charge in [0.2, 0.25) is 5.91 Å². The lowest BCUT2D eigenvalue weighted by atomic mass is 9.84. The zero-order chi connectivity index (χ0) is 15.2. The number of alkyl halides is 1. The lowest BCUT2D eigenvalue weighted by molar-refractivity contribution is -0.113. The maximum absolute atomic E-state index is 11.7. The first-order valence-electron chi connectivity index (χ1n) is 6.96. The number of rotatable bonds is 6. The molecule has 1 amide bonds. The number of halogens is 1. The number of anilines is 1. The summed E-state index contributed by atoms with van der Waals surface area (Å²) in [5.41, 5.74) is 2.86. The van der Waals surface area contributed by atoms with Crippen LogP contribution in [-0.2, 0) is 21.6 Å². The van der Waals surface area contributed by atoms with Crippen molar-refractivity contribution in [3.63, 3.8) is 0 Å². The van der Waals surface area contributed by atoms with Gasteiger partial charge in [0.25, 0.3) is 0 Å². The Morgan fingerprint density at radius 1 is 1.35 bits per heavy atom. The van der Waals surface area contributed by atoms with Gasteiger partial charge in [0, 0.05) is 12.2 Å². The standard InChI is InChI=1S/C16H24ClNO2/c1-5-9-20-11-12-7-6-8-13(16(2,3)4)15(12)18-14(19)10-17/h6-8H,5,9-11H2,1-4H3,(H,18,19). The number of hydrogen-bond acceptors (Lipinski definition) is 2. The number of carbonyl (C=O) groups excluding carboxylic acids is 1. The summed E-state index contributed by atoms with van der Waals surface area (Å²) in [4.78, 5) is 11.7. The summed E-state index contributed by atoms with van der Waals surface area (Å²) in [6.07, 6.45) is 0.975. The molecule has 20 heavy (non-hydrogen) atoms. The van der Waals surface area contributed by atoms with Crippen molar-refractivity contribution in [2.75, 3.05) is 17.8 Å². The van der Waals surface area contributed by atoms with Crippen molar-refractivity contribution >= 4 is 23.2 Å². The molecule has 0 aliphatic heterocycles. The Morgan fingerprint density at radius 3 is 2.60 bits per heavy atom. The molecule has 1 rings (SSSR count). The van der Waals surface area contributed by atoms with Gasteiger partial charge in [-0.2, -0.15) is 0 Å². The normalized spacial score (nSPS) is 11.4. The number of amides is 1. The monoisotopic (exact) mass is 297 g/mol. The first-order chi connectivity index (χ1) is 9.40. The van der Waals surface area contributed by atoms with Crippen molar-refractivity contribution in [1.82, 2.24) is 0 Å². The molecule has 112 valence electrons. The second-order valence-corrected chi connectivity index (χ2v) is 6.09. The average Bonchev–Trinajstić information content (AvgIpc) is 2.39. The van der Waals surface area contributed by atoms with E-state index < -0.39 is 0 Å². The van der Waals surface area contributed by atoms with Crippen molar-refractivity contribution in [2.24, 2.45) is 0 Å². The molecular weight excluding hydrogens is 274 g/mol. The maximum atomic E-state index is 11.7. The third kappa shape index (κ3) is 4.80. The molecule has 4 heteroatoms. The highest BCUT2D eigenvalue weighted by atomic mass is 35.5. The first-order valence-corrected chi connectivity index (χ1v) is 7.49. The van der Waals surface area contributed by atoms with Crippen molar-refractivity contribution in [2.45, 2.75) is 46.1 Å². The van der Waals surface area contributed by atoms with Crippen LogP contribution in [0.15, 0.2) is 18.2 Å². The van der Waals surface area contributed by atoms with Gasteiger partial charge >= 0.3 is 0 Å². The highest BCUT2D eigenvalue weighted by molar-refractivity contribution is 6.29. The SMILES string of the molecule is CCCOCc1cccc(C(C)(C)C)c1NC(=O)CCl. The second kappa shape index (κ2) is 7.65. The fourth-order valence-corrected chi connectivity index (χ4v) is 2.06. The van der Waals surface area contributed by atoms with Crippen molar-refractivity contribution in [1.29, 1.82) is 0 Å². The van der Waals surface area contributed by atoms with Crippen LogP contribution in [0.5, 0.6) is 0 Å².